The molecule has 0 saturated carbocycles. The van der Waals surface area contributed by atoms with Crippen molar-refractivity contribution in [3.05, 3.63) is 59.6 Å². The highest BCUT2D eigenvalue weighted by Crippen LogP contribution is 2.45. The zero-order valence-electron chi connectivity index (χ0n) is 18.0. The van der Waals surface area contributed by atoms with Gasteiger partial charge in [0, 0.05) is 51.9 Å². The molecule has 0 spiro atoms. The van der Waals surface area contributed by atoms with Crippen LogP contribution in [0.25, 0.3) is 0 Å². The molecule has 2 fully saturated rings. The van der Waals surface area contributed by atoms with Crippen LogP contribution in [-0.2, 0) is 29.0 Å². The third kappa shape index (κ3) is 3.38. The van der Waals surface area contributed by atoms with E-state index in [2.05, 4.69) is 37.2 Å². The Labute approximate surface area is 182 Å². The molecular weight excluding hydrogens is 414 g/mol. The quantitative estimate of drug-likeness (QED) is 0.639. The Morgan fingerprint density at radius 1 is 1.13 bits per heavy atom. The highest BCUT2D eigenvalue weighted by Gasteiger charge is 2.58. The van der Waals surface area contributed by atoms with E-state index in [4.69, 9.17) is 0 Å². The van der Waals surface area contributed by atoms with Crippen molar-refractivity contribution in [2.75, 3.05) is 26.2 Å². The second-order valence-electron chi connectivity index (χ2n) is 8.79. The monoisotopic (exact) mass is 441 g/mol. The number of hydrogen-bond acceptors (Lipinski definition) is 6. The first-order chi connectivity index (χ1) is 14.8. The second kappa shape index (κ2) is 7.25. The first kappa shape index (κ1) is 20.3. The second-order valence-corrected chi connectivity index (χ2v) is 10.7. The summed E-state index contributed by atoms with van der Waals surface area (Å²) in [5, 5.41) is 7.53. The minimum absolute atomic E-state index is 0.106. The number of fused-ring (bicyclic) bond motifs is 1. The van der Waals surface area contributed by atoms with E-state index in [1.807, 2.05) is 25.1 Å². The zero-order valence-corrected chi connectivity index (χ0v) is 18.8. The Bertz CT molecular complexity index is 1180. The molecule has 164 valence electrons. The summed E-state index contributed by atoms with van der Waals surface area (Å²) in [5.74, 6) is 2.24. The summed E-state index contributed by atoms with van der Waals surface area (Å²) < 4.78 is 30.1. The van der Waals surface area contributed by atoms with Crippen molar-refractivity contribution in [2.24, 2.45) is 13.0 Å². The predicted molar refractivity (Wildman–Crippen MR) is 115 cm³/mol. The molecule has 0 unspecified atom stereocenters. The number of benzene rings is 1. The third-order valence-corrected chi connectivity index (χ3v) is 8.31. The summed E-state index contributed by atoms with van der Waals surface area (Å²) in [4.78, 5) is 11.3. The number of H-pyrrole nitrogens is 1. The summed E-state index contributed by atoms with van der Waals surface area (Å²) in [5.41, 5.74) is 0.813. The summed E-state index contributed by atoms with van der Waals surface area (Å²) in [6.07, 6.45) is 1.59. The minimum Gasteiger partial charge on any atom is -0.337 e. The van der Waals surface area contributed by atoms with Gasteiger partial charge in [-0.2, -0.15) is 9.40 Å². The van der Waals surface area contributed by atoms with Crippen LogP contribution in [0.5, 0.6) is 0 Å². The van der Waals surface area contributed by atoms with Gasteiger partial charge >= 0.3 is 0 Å². The van der Waals surface area contributed by atoms with Crippen molar-refractivity contribution >= 4 is 10.0 Å². The molecule has 5 rings (SSSR count). The fourth-order valence-corrected chi connectivity index (χ4v) is 6.51. The molecular formula is C21H27N7O2S. The van der Waals surface area contributed by atoms with Crippen molar-refractivity contribution in [1.29, 1.82) is 0 Å². The van der Waals surface area contributed by atoms with Gasteiger partial charge in [-0.15, -0.1) is 0 Å². The lowest BCUT2D eigenvalue weighted by molar-refractivity contribution is 0.278. The number of nitrogens with zero attached hydrogens (tertiary/aromatic N) is 6. The average molecular weight is 442 g/mol. The smallest absolute Gasteiger partial charge is 0.262 e. The number of aromatic nitrogens is 5. The molecule has 10 heteroatoms. The number of sulfonamides is 1. The number of imidazole rings is 1. The molecule has 0 radical (unpaired) electrons. The van der Waals surface area contributed by atoms with Gasteiger partial charge < -0.3 is 4.57 Å². The van der Waals surface area contributed by atoms with Gasteiger partial charge in [0.1, 0.15) is 11.6 Å². The molecule has 0 aliphatic carbocycles. The summed E-state index contributed by atoms with van der Waals surface area (Å²) >= 11 is 0. The van der Waals surface area contributed by atoms with Gasteiger partial charge in [-0.1, -0.05) is 30.3 Å². The van der Waals surface area contributed by atoms with Crippen LogP contribution in [0.1, 0.15) is 23.0 Å². The molecule has 2 saturated heterocycles. The summed E-state index contributed by atoms with van der Waals surface area (Å²) in [7, 11) is -1.88. The Balaban J connectivity index is 1.46. The zero-order chi connectivity index (χ0) is 21.8. The van der Waals surface area contributed by atoms with E-state index in [-0.39, 0.29) is 10.9 Å². The topological polar surface area (TPSA) is 100 Å². The Kier molecular flexibility index (Phi) is 4.76. The van der Waals surface area contributed by atoms with Crippen LogP contribution in [0.2, 0.25) is 0 Å². The Hall–Kier alpha value is -2.56. The van der Waals surface area contributed by atoms with Crippen LogP contribution < -0.4 is 0 Å². The normalized spacial score (nSPS) is 24.7. The van der Waals surface area contributed by atoms with E-state index >= 15 is 0 Å². The van der Waals surface area contributed by atoms with E-state index in [9.17, 15) is 8.42 Å². The van der Waals surface area contributed by atoms with Crippen LogP contribution in [0.15, 0.2) is 41.6 Å². The molecule has 3 aromatic rings. The average Bonchev–Trinajstić information content (AvgIpc) is 3.46. The van der Waals surface area contributed by atoms with Crippen LogP contribution in [0, 0.1) is 19.8 Å². The van der Waals surface area contributed by atoms with Crippen LogP contribution in [0.3, 0.4) is 0 Å². The molecule has 9 nitrogen and oxygen atoms in total. The van der Waals surface area contributed by atoms with Crippen LogP contribution in [0.4, 0.5) is 0 Å². The molecule has 31 heavy (non-hydrogen) atoms. The molecule has 1 aromatic carbocycles. The lowest BCUT2D eigenvalue weighted by Crippen LogP contribution is -2.40. The lowest BCUT2D eigenvalue weighted by atomic mass is 9.80. The Morgan fingerprint density at radius 2 is 1.90 bits per heavy atom. The SMILES string of the molecule is Cc1nc([C@]23CN(Cc4ccccc4)C[C@H]2CN(S(=O)(=O)c2cn(C)c(C)n2)C3)n[nH]1. The summed E-state index contributed by atoms with van der Waals surface area (Å²) in [6, 6.07) is 10.4. The largest absolute Gasteiger partial charge is 0.337 e. The number of rotatable bonds is 5. The number of aromatic amines is 1. The maximum Gasteiger partial charge on any atom is 0.262 e. The van der Waals surface area contributed by atoms with Gasteiger partial charge in [-0.25, -0.2) is 18.4 Å². The molecule has 0 bridgehead atoms. The van der Waals surface area contributed by atoms with Crippen molar-refractivity contribution in [3.8, 4) is 0 Å². The van der Waals surface area contributed by atoms with E-state index in [1.54, 1.807) is 29.0 Å². The predicted octanol–water partition coefficient (Wildman–Crippen LogP) is 1.23. The number of nitrogens with one attached hydrogen (secondary N) is 1. The van der Waals surface area contributed by atoms with Gasteiger partial charge in [0.15, 0.2) is 10.9 Å². The molecule has 0 amide bonds. The fraction of sp³-hybridized carbons (Fsp3) is 0.476. The lowest BCUT2D eigenvalue weighted by Gasteiger charge is -2.26. The van der Waals surface area contributed by atoms with Crippen molar-refractivity contribution in [1.82, 2.24) is 33.9 Å². The van der Waals surface area contributed by atoms with Gasteiger partial charge in [0.05, 0.1) is 5.41 Å². The molecule has 4 heterocycles. The van der Waals surface area contributed by atoms with Gasteiger partial charge in [-0.05, 0) is 19.4 Å². The fourth-order valence-electron chi connectivity index (χ4n) is 4.93. The van der Waals surface area contributed by atoms with Crippen LogP contribution in [-0.4, -0.2) is 68.5 Å². The number of likely N-dealkylation sites (tertiary alicyclic amines) is 1. The number of hydrogen-bond donors (Lipinski definition) is 1. The first-order valence-electron chi connectivity index (χ1n) is 10.4. The van der Waals surface area contributed by atoms with Crippen molar-refractivity contribution in [2.45, 2.75) is 30.8 Å². The third-order valence-electron chi connectivity index (χ3n) is 6.63. The van der Waals surface area contributed by atoms with Crippen molar-refractivity contribution in [3.63, 3.8) is 0 Å². The standard InChI is InChI=1S/C21H27N7O2S/c1-15-22-20(25-24-15)21-13-27(9-17-7-5-4-6-8-17)10-18(21)11-28(14-21)31(29,30)19-12-26(3)16(2)23-19/h4-8,12,18H,9-11,13-14H2,1-3H3,(H,22,24,25)/t18-,21-/m0/s1. The molecule has 2 aliphatic rings. The van der Waals surface area contributed by atoms with E-state index in [0.717, 1.165) is 25.5 Å². The van der Waals surface area contributed by atoms with Gasteiger partial charge in [-0.3, -0.25) is 10.00 Å². The van der Waals surface area contributed by atoms with Crippen LogP contribution >= 0.6 is 0 Å². The summed E-state index contributed by atoms with van der Waals surface area (Å²) in [6.45, 7) is 6.83. The van der Waals surface area contributed by atoms with E-state index < -0.39 is 15.4 Å². The maximum absolute atomic E-state index is 13.4. The molecule has 1 N–H and O–H groups in total. The number of aryl methyl sites for hydroxylation is 3. The molecule has 2 aliphatic heterocycles. The highest BCUT2D eigenvalue weighted by atomic mass is 32.2. The molecule has 2 aromatic heterocycles. The van der Waals surface area contributed by atoms with Crippen molar-refractivity contribution < 1.29 is 8.42 Å². The van der Waals surface area contributed by atoms with E-state index in [0.29, 0.717) is 24.7 Å². The first-order valence-corrected chi connectivity index (χ1v) is 11.9. The maximum atomic E-state index is 13.4. The van der Waals surface area contributed by atoms with Gasteiger partial charge in [0.25, 0.3) is 10.0 Å². The van der Waals surface area contributed by atoms with Gasteiger partial charge in [0.2, 0.25) is 0 Å². The Morgan fingerprint density at radius 3 is 2.55 bits per heavy atom. The molecule has 2 atom stereocenters. The van der Waals surface area contributed by atoms with E-state index in [1.165, 1.54) is 5.56 Å². The highest BCUT2D eigenvalue weighted by molar-refractivity contribution is 7.89. The minimum atomic E-state index is -3.68.